The van der Waals surface area contributed by atoms with Crippen LogP contribution in [0.4, 0.5) is 0 Å². The molecular formula is C13H17NO. The van der Waals surface area contributed by atoms with Gasteiger partial charge in [-0.3, -0.25) is 0 Å². The molecule has 0 bridgehead atoms. The van der Waals surface area contributed by atoms with E-state index in [4.69, 9.17) is 4.74 Å². The first kappa shape index (κ1) is 10.2. The molecular weight excluding hydrogens is 186 g/mol. The smallest absolute Gasteiger partial charge is 0.119 e. The molecule has 0 radical (unpaired) electrons. The molecule has 2 nitrogen and oxygen atoms in total. The first-order valence-electron chi connectivity index (χ1n) is 5.31. The maximum atomic E-state index is 5.23. The molecule has 0 unspecified atom stereocenters. The van der Waals surface area contributed by atoms with E-state index in [2.05, 4.69) is 30.2 Å². The lowest BCUT2D eigenvalue weighted by Crippen LogP contribution is -2.24. The Morgan fingerprint density at radius 3 is 2.93 bits per heavy atom. The van der Waals surface area contributed by atoms with Crippen LogP contribution >= 0.6 is 0 Å². The fourth-order valence-corrected chi connectivity index (χ4v) is 1.93. The third-order valence-electron chi connectivity index (χ3n) is 2.78. The molecule has 0 aliphatic carbocycles. The Hall–Kier alpha value is -1.28. The van der Waals surface area contributed by atoms with Crippen LogP contribution in [-0.4, -0.2) is 32.1 Å². The molecule has 0 N–H and O–H groups in total. The van der Waals surface area contributed by atoms with Crippen LogP contribution < -0.4 is 4.74 Å². The van der Waals surface area contributed by atoms with Gasteiger partial charge in [0.2, 0.25) is 0 Å². The van der Waals surface area contributed by atoms with Crippen LogP contribution in [0, 0.1) is 0 Å². The van der Waals surface area contributed by atoms with Crippen LogP contribution in [0.15, 0.2) is 30.3 Å². The average Bonchev–Trinajstić information content (AvgIpc) is 2.29. The molecule has 1 aromatic carbocycles. The van der Waals surface area contributed by atoms with E-state index in [1.807, 2.05) is 12.1 Å². The highest BCUT2D eigenvalue weighted by Gasteiger charge is 2.10. The van der Waals surface area contributed by atoms with Crippen LogP contribution in [0.1, 0.15) is 12.0 Å². The molecule has 0 spiro atoms. The van der Waals surface area contributed by atoms with Gasteiger partial charge in [-0.15, -0.1) is 0 Å². The molecule has 1 aromatic rings. The molecule has 2 heteroatoms. The number of likely N-dealkylation sites (N-methyl/N-ethyl adjacent to an activating group) is 1. The Morgan fingerprint density at radius 1 is 1.33 bits per heavy atom. The zero-order valence-corrected chi connectivity index (χ0v) is 9.36. The van der Waals surface area contributed by atoms with Gasteiger partial charge in [0.05, 0.1) is 7.11 Å². The van der Waals surface area contributed by atoms with E-state index in [9.17, 15) is 0 Å². The first-order chi connectivity index (χ1) is 7.29. The first-order valence-corrected chi connectivity index (χ1v) is 5.31. The second kappa shape index (κ2) is 4.49. The summed E-state index contributed by atoms with van der Waals surface area (Å²) in [6.45, 7) is 2.20. The molecule has 1 aliphatic heterocycles. The minimum Gasteiger partial charge on any atom is -0.497 e. The van der Waals surface area contributed by atoms with Crippen molar-refractivity contribution in [3.63, 3.8) is 0 Å². The van der Waals surface area contributed by atoms with E-state index >= 15 is 0 Å². The van der Waals surface area contributed by atoms with Gasteiger partial charge in [-0.25, -0.2) is 0 Å². The summed E-state index contributed by atoms with van der Waals surface area (Å²) < 4.78 is 5.23. The van der Waals surface area contributed by atoms with Gasteiger partial charge in [-0.1, -0.05) is 18.2 Å². The van der Waals surface area contributed by atoms with Gasteiger partial charge in [-0.2, -0.15) is 0 Å². The number of methoxy groups -OCH3 is 1. The second-order valence-electron chi connectivity index (χ2n) is 3.99. The predicted octanol–water partition coefficient (Wildman–Crippen LogP) is 2.41. The Morgan fingerprint density at radius 2 is 2.20 bits per heavy atom. The van der Waals surface area contributed by atoms with Crippen molar-refractivity contribution in [2.75, 3.05) is 27.2 Å². The van der Waals surface area contributed by atoms with Crippen molar-refractivity contribution in [3.05, 3.63) is 35.9 Å². The summed E-state index contributed by atoms with van der Waals surface area (Å²) in [6, 6.07) is 8.28. The highest BCUT2D eigenvalue weighted by atomic mass is 16.5. The van der Waals surface area contributed by atoms with Crippen molar-refractivity contribution in [2.45, 2.75) is 6.42 Å². The number of hydrogen-bond acceptors (Lipinski definition) is 2. The number of nitrogens with zero attached hydrogens (tertiary/aromatic N) is 1. The largest absolute Gasteiger partial charge is 0.497 e. The maximum Gasteiger partial charge on any atom is 0.119 e. The number of ether oxygens (including phenoxy) is 1. The zero-order chi connectivity index (χ0) is 10.7. The topological polar surface area (TPSA) is 12.5 Å². The average molecular weight is 203 g/mol. The highest BCUT2D eigenvalue weighted by Crippen LogP contribution is 2.23. The molecule has 1 aliphatic rings. The minimum absolute atomic E-state index is 0.932. The SMILES string of the molecule is COc1cccc(C2=CCCN(C)C2)c1. The molecule has 2 rings (SSSR count). The van der Waals surface area contributed by atoms with Crippen molar-refractivity contribution in [3.8, 4) is 5.75 Å². The summed E-state index contributed by atoms with van der Waals surface area (Å²) in [5.74, 6) is 0.932. The van der Waals surface area contributed by atoms with Gasteiger partial charge in [0.15, 0.2) is 0 Å². The Balaban J connectivity index is 2.24. The molecule has 80 valence electrons. The summed E-state index contributed by atoms with van der Waals surface area (Å²) in [6.07, 6.45) is 3.47. The summed E-state index contributed by atoms with van der Waals surface area (Å²) in [7, 11) is 3.87. The lowest BCUT2D eigenvalue weighted by atomic mass is 10.0. The standard InChI is InChI=1S/C13H17NO/c1-14-8-4-6-12(10-14)11-5-3-7-13(9-11)15-2/h3,5-7,9H,4,8,10H2,1-2H3. The third kappa shape index (κ3) is 2.39. The summed E-state index contributed by atoms with van der Waals surface area (Å²) in [5.41, 5.74) is 2.68. The highest BCUT2D eigenvalue weighted by molar-refractivity contribution is 5.68. The van der Waals surface area contributed by atoms with E-state index in [1.54, 1.807) is 7.11 Å². The Labute approximate surface area is 91.2 Å². The van der Waals surface area contributed by atoms with E-state index in [1.165, 1.54) is 11.1 Å². The van der Waals surface area contributed by atoms with Gasteiger partial charge in [-0.05, 0) is 36.7 Å². The van der Waals surface area contributed by atoms with Crippen LogP contribution in [0.2, 0.25) is 0 Å². The van der Waals surface area contributed by atoms with Crippen LogP contribution in [-0.2, 0) is 0 Å². The van der Waals surface area contributed by atoms with Gasteiger partial charge in [0, 0.05) is 13.1 Å². The molecule has 0 amide bonds. The molecule has 0 atom stereocenters. The van der Waals surface area contributed by atoms with Gasteiger partial charge < -0.3 is 9.64 Å². The van der Waals surface area contributed by atoms with Crippen LogP contribution in [0.5, 0.6) is 5.75 Å². The van der Waals surface area contributed by atoms with Crippen LogP contribution in [0.3, 0.4) is 0 Å². The molecule has 1 heterocycles. The van der Waals surface area contributed by atoms with E-state index < -0.39 is 0 Å². The normalized spacial score (nSPS) is 17.3. The minimum atomic E-state index is 0.932. The van der Waals surface area contributed by atoms with Crippen molar-refractivity contribution in [1.82, 2.24) is 4.90 Å². The van der Waals surface area contributed by atoms with Crippen LogP contribution in [0.25, 0.3) is 5.57 Å². The number of benzene rings is 1. The van der Waals surface area contributed by atoms with Gasteiger partial charge in [0.1, 0.15) is 5.75 Å². The molecule has 0 saturated carbocycles. The van der Waals surface area contributed by atoms with Crippen molar-refractivity contribution < 1.29 is 4.74 Å². The fraction of sp³-hybridized carbons (Fsp3) is 0.385. The molecule has 0 saturated heterocycles. The lowest BCUT2D eigenvalue weighted by Gasteiger charge is -2.23. The summed E-state index contributed by atoms with van der Waals surface area (Å²) in [4.78, 5) is 2.34. The zero-order valence-electron chi connectivity index (χ0n) is 9.36. The van der Waals surface area contributed by atoms with Crippen molar-refractivity contribution in [2.24, 2.45) is 0 Å². The fourth-order valence-electron chi connectivity index (χ4n) is 1.93. The molecule has 15 heavy (non-hydrogen) atoms. The Bertz CT molecular complexity index is 371. The summed E-state index contributed by atoms with van der Waals surface area (Å²) >= 11 is 0. The Kier molecular flexibility index (Phi) is 3.07. The quantitative estimate of drug-likeness (QED) is 0.732. The maximum absolute atomic E-state index is 5.23. The van der Waals surface area contributed by atoms with E-state index in [-0.39, 0.29) is 0 Å². The van der Waals surface area contributed by atoms with Crippen molar-refractivity contribution in [1.29, 1.82) is 0 Å². The number of hydrogen-bond donors (Lipinski definition) is 0. The monoisotopic (exact) mass is 203 g/mol. The molecule has 0 aromatic heterocycles. The lowest BCUT2D eigenvalue weighted by molar-refractivity contribution is 0.372. The third-order valence-corrected chi connectivity index (χ3v) is 2.78. The number of rotatable bonds is 2. The van der Waals surface area contributed by atoms with Gasteiger partial charge in [0.25, 0.3) is 0 Å². The van der Waals surface area contributed by atoms with Gasteiger partial charge >= 0.3 is 0 Å². The van der Waals surface area contributed by atoms with E-state index in [0.717, 1.165) is 25.3 Å². The molecule has 0 fully saturated rings. The second-order valence-corrected chi connectivity index (χ2v) is 3.99. The summed E-state index contributed by atoms with van der Waals surface area (Å²) in [5, 5.41) is 0. The van der Waals surface area contributed by atoms with E-state index in [0.29, 0.717) is 0 Å². The predicted molar refractivity (Wildman–Crippen MR) is 63.1 cm³/mol. The van der Waals surface area contributed by atoms with Crippen molar-refractivity contribution >= 4 is 5.57 Å².